The van der Waals surface area contributed by atoms with Crippen molar-refractivity contribution in [3.63, 3.8) is 0 Å². The molecule has 3 fully saturated rings. The van der Waals surface area contributed by atoms with Crippen LogP contribution >= 0.6 is 0 Å². The van der Waals surface area contributed by atoms with Crippen LogP contribution in [0.5, 0.6) is 0 Å². The SMILES string of the molecule is CCOC(=O)C(=O)C1CC(C)CC1=O.CCOC(=O)C(=O)C1CC(C)CC1=O.O=C1CCCC1. The summed E-state index contributed by atoms with van der Waals surface area (Å²) >= 11 is 0. The molecule has 190 valence electrons. The van der Waals surface area contributed by atoms with Crippen molar-refractivity contribution in [3.8, 4) is 0 Å². The Balaban J connectivity index is 0.000000274. The van der Waals surface area contributed by atoms with E-state index < -0.39 is 35.3 Å². The van der Waals surface area contributed by atoms with Gasteiger partial charge in [-0.05, 0) is 51.4 Å². The molecule has 9 heteroatoms. The van der Waals surface area contributed by atoms with Gasteiger partial charge in [0, 0.05) is 25.7 Å². The van der Waals surface area contributed by atoms with Crippen molar-refractivity contribution in [3.05, 3.63) is 0 Å². The molecule has 0 radical (unpaired) electrons. The lowest BCUT2D eigenvalue weighted by Gasteiger charge is -2.05. The van der Waals surface area contributed by atoms with E-state index in [9.17, 15) is 33.6 Å². The Labute approximate surface area is 200 Å². The van der Waals surface area contributed by atoms with Gasteiger partial charge in [0.1, 0.15) is 17.3 Å². The Hall–Kier alpha value is -2.71. The van der Waals surface area contributed by atoms with E-state index in [1.807, 2.05) is 13.8 Å². The average molecular weight is 481 g/mol. The minimum atomic E-state index is -0.875. The highest BCUT2D eigenvalue weighted by molar-refractivity contribution is 6.39. The first-order valence-electron chi connectivity index (χ1n) is 12.0. The van der Waals surface area contributed by atoms with E-state index in [1.165, 1.54) is 0 Å². The maximum Gasteiger partial charge on any atom is 0.375 e. The Bertz CT molecular complexity index is 734. The summed E-state index contributed by atoms with van der Waals surface area (Å²) in [5.74, 6) is -4.01. The number of hydrogen-bond acceptors (Lipinski definition) is 9. The molecule has 3 rings (SSSR count). The largest absolute Gasteiger partial charge is 0.460 e. The van der Waals surface area contributed by atoms with Gasteiger partial charge in [-0.3, -0.25) is 24.0 Å². The maximum absolute atomic E-state index is 11.4. The fraction of sp³-hybridized carbons (Fsp3) is 0.720. The van der Waals surface area contributed by atoms with Gasteiger partial charge in [-0.2, -0.15) is 0 Å². The van der Waals surface area contributed by atoms with Crippen LogP contribution in [-0.2, 0) is 43.0 Å². The predicted octanol–water partition coefficient (Wildman–Crippen LogP) is 2.60. The van der Waals surface area contributed by atoms with Crippen LogP contribution in [0.1, 0.15) is 79.1 Å². The number of rotatable bonds is 6. The number of carbonyl (C=O) groups excluding carboxylic acids is 7. The van der Waals surface area contributed by atoms with E-state index in [1.54, 1.807) is 13.8 Å². The van der Waals surface area contributed by atoms with Crippen molar-refractivity contribution in [1.82, 2.24) is 0 Å². The third-order valence-corrected chi connectivity index (χ3v) is 5.90. The van der Waals surface area contributed by atoms with Crippen molar-refractivity contribution in [1.29, 1.82) is 0 Å². The average Bonchev–Trinajstić information content (AvgIpc) is 3.48. The molecule has 3 saturated carbocycles. The first-order valence-corrected chi connectivity index (χ1v) is 12.0. The van der Waals surface area contributed by atoms with Crippen molar-refractivity contribution in [2.75, 3.05) is 13.2 Å². The number of ketones is 5. The topological polar surface area (TPSA) is 138 Å². The third-order valence-electron chi connectivity index (χ3n) is 5.90. The van der Waals surface area contributed by atoms with Crippen LogP contribution in [0.2, 0.25) is 0 Å². The number of esters is 2. The van der Waals surface area contributed by atoms with Gasteiger partial charge in [0.15, 0.2) is 0 Å². The highest BCUT2D eigenvalue weighted by Gasteiger charge is 2.39. The summed E-state index contributed by atoms with van der Waals surface area (Å²) in [5.41, 5.74) is 0. The number of carbonyl (C=O) groups is 7. The molecule has 0 aromatic rings. The van der Waals surface area contributed by atoms with Crippen molar-refractivity contribution >= 4 is 40.9 Å². The third kappa shape index (κ3) is 9.27. The molecule has 34 heavy (non-hydrogen) atoms. The van der Waals surface area contributed by atoms with Gasteiger partial charge in [0.05, 0.1) is 25.0 Å². The lowest BCUT2D eigenvalue weighted by atomic mass is 10.0. The summed E-state index contributed by atoms with van der Waals surface area (Å²) in [7, 11) is 0. The summed E-state index contributed by atoms with van der Waals surface area (Å²) in [6, 6.07) is 0. The monoisotopic (exact) mass is 480 g/mol. The Morgan fingerprint density at radius 2 is 1.06 bits per heavy atom. The normalized spacial score (nSPS) is 25.6. The lowest BCUT2D eigenvalue weighted by Crippen LogP contribution is -2.28. The van der Waals surface area contributed by atoms with Gasteiger partial charge >= 0.3 is 11.9 Å². The zero-order valence-electron chi connectivity index (χ0n) is 20.6. The molecular weight excluding hydrogens is 444 g/mol. The molecule has 9 nitrogen and oxygen atoms in total. The van der Waals surface area contributed by atoms with Crippen LogP contribution < -0.4 is 0 Å². The van der Waals surface area contributed by atoms with E-state index in [0.29, 0.717) is 31.5 Å². The second-order valence-electron chi connectivity index (χ2n) is 9.04. The Kier molecular flexibility index (Phi) is 12.5. The second kappa shape index (κ2) is 14.5. The Morgan fingerprint density at radius 1 is 0.706 bits per heavy atom. The zero-order chi connectivity index (χ0) is 25.8. The first kappa shape index (κ1) is 29.3. The fourth-order valence-electron chi connectivity index (χ4n) is 4.17. The standard InChI is InChI=1S/2C10H14O4.C5H8O/c2*1-3-14-10(13)9(12)7-4-6(2)5-8(7)11;6-5-3-1-2-4-5/h2*6-7H,3-5H2,1-2H3;1-4H2. The first-order chi connectivity index (χ1) is 16.0. The van der Waals surface area contributed by atoms with Crippen molar-refractivity contribution < 1.29 is 43.0 Å². The van der Waals surface area contributed by atoms with E-state index in [2.05, 4.69) is 9.47 Å². The summed E-state index contributed by atoms with van der Waals surface area (Å²) in [4.78, 5) is 77.8. The van der Waals surface area contributed by atoms with Crippen LogP contribution in [0, 0.1) is 23.7 Å². The molecule has 3 aliphatic rings. The molecule has 0 amide bonds. The number of Topliss-reactive ketones (excluding diaryl/α,β-unsaturated/α-hetero) is 5. The molecule has 0 saturated heterocycles. The maximum atomic E-state index is 11.4. The molecule has 0 aliphatic heterocycles. The van der Waals surface area contributed by atoms with Crippen molar-refractivity contribution in [2.45, 2.75) is 79.1 Å². The van der Waals surface area contributed by atoms with Gasteiger partial charge in [0.25, 0.3) is 0 Å². The fourth-order valence-corrected chi connectivity index (χ4v) is 4.17. The van der Waals surface area contributed by atoms with E-state index in [-0.39, 0.29) is 36.6 Å². The molecule has 4 unspecified atom stereocenters. The second-order valence-corrected chi connectivity index (χ2v) is 9.04. The smallest absolute Gasteiger partial charge is 0.375 e. The lowest BCUT2D eigenvalue weighted by molar-refractivity contribution is -0.156. The van der Waals surface area contributed by atoms with Gasteiger partial charge in [0.2, 0.25) is 11.6 Å². The molecule has 0 bridgehead atoms. The quantitative estimate of drug-likeness (QED) is 0.319. The van der Waals surface area contributed by atoms with Gasteiger partial charge in [-0.15, -0.1) is 0 Å². The molecule has 0 N–H and O–H groups in total. The van der Waals surface area contributed by atoms with Crippen LogP contribution in [0.15, 0.2) is 0 Å². The van der Waals surface area contributed by atoms with Crippen molar-refractivity contribution in [2.24, 2.45) is 23.7 Å². The zero-order valence-corrected chi connectivity index (χ0v) is 20.6. The van der Waals surface area contributed by atoms with Gasteiger partial charge < -0.3 is 9.47 Å². The molecule has 3 aliphatic carbocycles. The van der Waals surface area contributed by atoms with Gasteiger partial charge in [-0.25, -0.2) is 9.59 Å². The van der Waals surface area contributed by atoms with Crippen LogP contribution in [0.25, 0.3) is 0 Å². The van der Waals surface area contributed by atoms with Crippen LogP contribution in [0.4, 0.5) is 0 Å². The minimum absolute atomic E-state index is 0.129. The van der Waals surface area contributed by atoms with E-state index in [0.717, 1.165) is 25.7 Å². The Morgan fingerprint density at radius 3 is 1.26 bits per heavy atom. The van der Waals surface area contributed by atoms with Crippen LogP contribution in [-0.4, -0.2) is 54.1 Å². The summed E-state index contributed by atoms with van der Waals surface area (Å²) in [6.07, 6.45) is 5.73. The summed E-state index contributed by atoms with van der Waals surface area (Å²) in [5, 5.41) is 0. The van der Waals surface area contributed by atoms with Crippen LogP contribution in [0.3, 0.4) is 0 Å². The minimum Gasteiger partial charge on any atom is -0.460 e. The van der Waals surface area contributed by atoms with E-state index in [4.69, 9.17) is 0 Å². The molecule has 0 heterocycles. The van der Waals surface area contributed by atoms with E-state index >= 15 is 0 Å². The summed E-state index contributed by atoms with van der Waals surface area (Å²) < 4.78 is 9.12. The molecule has 4 atom stereocenters. The molecular formula is C25H36O9. The van der Waals surface area contributed by atoms with Gasteiger partial charge in [-0.1, -0.05) is 13.8 Å². The molecule has 0 aromatic carbocycles. The molecule has 0 spiro atoms. The highest BCUT2D eigenvalue weighted by Crippen LogP contribution is 2.29. The molecule has 0 aromatic heterocycles. The predicted molar refractivity (Wildman–Crippen MR) is 121 cm³/mol. The summed E-state index contributed by atoms with van der Waals surface area (Å²) in [6.45, 7) is 7.39. The number of hydrogen-bond donors (Lipinski definition) is 0. The number of ether oxygens (including phenoxy) is 2. The highest BCUT2D eigenvalue weighted by atomic mass is 16.5.